The number of nitrogens with zero attached hydrogens (tertiary/aromatic N) is 2. The average Bonchev–Trinajstić information content (AvgIpc) is 2.69. The van der Waals surface area contributed by atoms with Gasteiger partial charge in [-0.1, -0.05) is 23.7 Å². The van der Waals surface area contributed by atoms with E-state index in [1.807, 2.05) is 30.5 Å². The lowest BCUT2D eigenvalue weighted by atomic mass is 9.94. The highest BCUT2D eigenvalue weighted by Crippen LogP contribution is 2.36. The summed E-state index contributed by atoms with van der Waals surface area (Å²) in [4.78, 5) is 13.8. The van der Waals surface area contributed by atoms with Crippen molar-refractivity contribution in [3.63, 3.8) is 0 Å². The van der Waals surface area contributed by atoms with Gasteiger partial charge in [0.25, 0.3) is 5.56 Å². The maximum Gasteiger partial charge on any atom is 0.278 e. The highest BCUT2D eigenvalue weighted by Gasteiger charge is 2.23. The van der Waals surface area contributed by atoms with Crippen molar-refractivity contribution in [1.29, 1.82) is 0 Å². The number of hydrogen-bond acceptors (Lipinski definition) is 4. The summed E-state index contributed by atoms with van der Waals surface area (Å²) in [6.07, 6.45) is 3.06. The summed E-state index contributed by atoms with van der Waals surface area (Å²) >= 11 is 8.03. The van der Waals surface area contributed by atoms with Gasteiger partial charge in [0.15, 0.2) is 5.75 Å². The first-order valence-corrected chi connectivity index (χ1v) is 10.3. The number of aromatic nitrogens is 2. The van der Waals surface area contributed by atoms with Gasteiger partial charge in [-0.05, 0) is 61.4 Å². The Morgan fingerprint density at radius 3 is 2.46 bits per heavy atom. The third-order valence-corrected chi connectivity index (χ3v) is 5.76. The first-order chi connectivity index (χ1) is 13.3. The van der Waals surface area contributed by atoms with Crippen molar-refractivity contribution in [3.8, 4) is 16.9 Å². The Labute approximate surface area is 172 Å². The molecule has 0 atom stereocenters. The summed E-state index contributed by atoms with van der Waals surface area (Å²) in [6, 6.07) is 10.8. The molecule has 1 N–H and O–H groups in total. The molecule has 0 aliphatic heterocycles. The van der Waals surface area contributed by atoms with E-state index in [-0.39, 0.29) is 22.6 Å². The van der Waals surface area contributed by atoms with Crippen molar-refractivity contribution >= 4 is 23.4 Å². The third kappa shape index (κ3) is 3.93. The standard InChI is InChI=1S/C21H20ClFN2O2S/c1-12-20(26)19(21(27)25(2)24-12)18-15(16(22)10-11-17(18)23)9-6-13-4-7-14(28-3)8-5-13/h4-5,7-8,10-11,26H,6,9H2,1-3H3. The van der Waals surface area contributed by atoms with Gasteiger partial charge in [-0.15, -0.1) is 11.8 Å². The zero-order valence-electron chi connectivity index (χ0n) is 15.8. The third-order valence-electron chi connectivity index (χ3n) is 4.66. The number of thioether (sulfide) groups is 1. The van der Waals surface area contributed by atoms with Gasteiger partial charge in [0.05, 0.1) is 5.56 Å². The van der Waals surface area contributed by atoms with Gasteiger partial charge in [0.1, 0.15) is 11.5 Å². The molecule has 0 saturated heterocycles. The average molecular weight is 419 g/mol. The molecule has 0 unspecified atom stereocenters. The smallest absolute Gasteiger partial charge is 0.278 e. The molecule has 3 aromatic rings. The van der Waals surface area contributed by atoms with Crippen LogP contribution in [0.3, 0.4) is 0 Å². The maximum atomic E-state index is 14.8. The number of hydrogen-bond donors (Lipinski definition) is 1. The maximum absolute atomic E-state index is 14.8. The lowest BCUT2D eigenvalue weighted by Crippen LogP contribution is -2.23. The second-order valence-electron chi connectivity index (χ2n) is 6.47. The molecule has 0 aliphatic carbocycles. The van der Waals surface area contributed by atoms with Crippen LogP contribution in [0.15, 0.2) is 46.1 Å². The molecule has 0 amide bonds. The number of rotatable bonds is 5. The van der Waals surface area contributed by atoms with Crippen LogP contribution < -0.4 is 5.56 Å². The second kappa shape index (κ2) is 8.37. The van der Waals surface area contributed by atoms with Gasteiger partial charge >= 0.3 is 0 Å². The molecule has 0 bridgehead atoms. The zero-order valence-corrected chi connectivity index (χ0v) is 17.4. The van der Waals surface area contributed by atoms with Crippen LogP contribution in [0.4, 0.5) is 4.39 Å². The molecule has 2 aromatic carbocycles. The van der Waals surface area contributed by atoms with E-state index in [4.69, 9.17) is 11.6 Å². The SMILES string of the molecule is CSc1ccc(CCc2c(Cl)ccc(F)c2-c2c(O)c(C)nn(C)c2=O)cc1. The first kappa shape index (κ1) is 20.4. The molecule has 0 aliphatic rings. The molecule has 4 nitrogen and oxygen atoms in total. The van der Waals surface area contributed by atoms with E-state index < -0.39 is 11.4 Å². The van der Waals surface area contributed by atoms with E-state index in [0.29, 0.717) is 23.4 Å². The Morgan fingerprint density at radius 1 is 1.14 bits per heavy atom. The number of aromatic hydroxyl groups is 1. The Kier molecular flexibility index (Phi) is 6.10. The van der Waals surface area contributed by atoms with Gasteiger partial charge in [0, 0.05) is 22.5 Å². The monoisotopic (exact) mass is 418 g/mol. The highest BCUT2D eigenvalue weighted by molar-refractivity contribution is 7.98. The van der Waals surface area contributed by atoms with Crippen LogP contribution in [-0.4, -0.2) is 21.1 Å². The topological polar surface area (TPSA) is 55.1 Å². The van der Waals surface area contributed by atoms with Gasteiger partial charge in [-0.3, -0.25) is 4.79 Å². The van der Waals surface area contributed by atoms with Gasteiger partial charge in [0.2, 0.25) is 0 Å². The van der Waals surface area contributed by atoms with E-state index in [1.165, 1.54) is 19.2 Å². The van der Waals surface area contributed by atoms with Crippen LogP contribution in [0.5, 0.6) is 5.75 Å². The molecular formula is C21H20ClFN2O2S. The minimum atomic E-state index is -0.602. The lowest BCUT2D eigenvalue weighted by Gasteiger charge is -2.15. The number of halogens is 2. The minimum absolute atomic E-state index is 0.0387. The molecule has 146 valence electrons. The van der Waals surface area contributed by atoms with Crippen molar-refractivity contribution in [2.75, 3.05) is 6.26 Å². The number of benzene rings is 2. The van der Waals surface area contributed by atoms with Crippen molar-refractivity contribution in [3.05, 3.63) is 74.4 Å². The van der Waals surface area contributed by atoms with E-state index in [1.54, 1.807) is 18.7 Å². The molecular weight excluding hydrogens is 399 g/mol. The molecule has 0 saturated carbocycles. The summed E-state index contributed by atoms with van der Waals surface area (Å²) in [5.74, 6) is -0.926. The highest BCUT2D eigenvalue weighted by atomic mass is 35.5. The molecule has 7 heteroatoms. The van der Waals surface area contributed by atoms with Crippen molar-refractivity contribution in [1.82, 2.24) is 9.78 Å². The molecule has 28 heavy (non-hydrogen) atoms. The van der Waals surface area contributed by atoms with Crippen molar-refractivity contribution in [2.45, 2.75) is 24.7 Å². The molecule has 0 radical (unpaired) electrons. The van der Waals surface area contributed by atoms with Crippen LogP contribution in [-0.2, 0) is 19.9 Å². The van der Waals surface area contributed by atoms with E-state index in [9.17, 15) is 14.3 Å². The van der Waals surface area contributed by atoms with Crippen LogP contribution >= 0.6 is 23.4 Å². The van der Waals surface area contributed by atoms with E-state index >= 15 is 0 Å². The summed E-state index contributed by atoms with van der Waals surface area (Å²) < 4.78 is 15.9. The molecule has 0 spiro atoms. The van der Waals surface area contributed by atoms with Gasteiger partial charge in [-0.2, -0.15) is 5.10 Å². The fourth-order valence-electron chi connectivity index (χ4n) is 3.16. The number of aryl methyl sites for hydroxylation is 3. The largest absolute Gasteiger partial charge is 0.505 e. The van der Waals surface area contributed by atoms with E-state index in [0.717, 1.165) is 15.1 Å². The van der Waals surface area contributed by atoms with Crippen LogP contribution in [0.25, 0.3) is 11.1 Å². The van der Waals surface area contributed by atoms with E-state index in [2.05, 4.69) is 5.10 Å². The summed E-state index contributed by atoms with van der Waals surface area (Å²) in [5, 5.41) is 14.8. The summed E-state index contributed by atoms with van der Waals surface area (Å²) in [7, 11) is 1.47. The molecule has 1 aromatic heterocycles. The Bertz CT molecular complexity index is 1080. The van der Waals surface area contributed by atoms with Crippen LogP contribution in [0, 0.1) is 12.7 Å². The van der Waals surface area contributed by atoms with Gasteiger partial charge in [-0.25, -0.2) is 9.07 Å². The molecule has 1 heterocycles. The van der Waals surface area contributed by atoms with Crippen LogP contribution in [0.1, 0.15) is 16.8 Å². The molecule has 0 fully saturated rings. The lowest BCUT2D eigenvalue weighted by molar-refractivity contribution is 0.460. The Morgan fingerprint density at radius 2 is 1.82 bits per heavy atom. The fraction of sp³-hybridized carbons (Fsp3) is 0.238. The zero-order chi connectivity index (χ0) is 20.4. The predicted molar refractivity (Wildman–Crippen MR) is 112 cm³/mol. The van der Waals surface area contributed by atoms with Crippen molar-refractivity contribution < 1.29 is 9.50 Å². The Hall–Kier alpha value is -2.31. The first-order valence-electron chi connectivity index (χ1n) is 8.70. The Balaban J connectivity index is 2.09. The molecule has 3 rings (SSSR count). The normalized spacial score (nSPS) is 11.0. The second-order valence-corrected chi connectivity index (χ2v) is 7.76. The van der Waals surface area contributed by atoms with Crippen LogP contribution in [0.2, 0.25) is 5.02 Å². The van der Waals surface area contributed by atoms with Crippen molar-refractivity contribution in [2.24, 2.45) is 7.05 Å². The summed E-state index contributed by atoms with van der Waals surface area (Å²) in [5.41, 5.74) is 1.17. The van der Waals surface area contributed by atoms with Gasteiger partial charge < -0.3 is 5.11 Å². The minimum Gasteiger partial charge on any atom is -0.505 e. The quantitative estimate of drug-likeness (QED) is 0.607. The fourth-order valence-corrected chi connectivity index (χ4v) is 3.82. The predicted octanol–water partition coefficient (Wildman–Crippen LogP) is 4.76. The summed E-state index contributed by atoms with van der Waals surface area (Å²) in [6.45, 7) is 1.56.